The van der Waals surface area contributed by atoms with Gasteiger partial charge in [-0.1, -0.05) is 0 Å². The van der Waals surface area contributed by atoms with E-state index in [1.807, 2.05) is 13.8 Å². The molecule has 1 amide bonds. The summed E-state index contributed by atoms with van der Waals surface area (Å²) in [7, 11) is -3.39. The summed E-state index contributed by atoms with van der Waals surface area (Å²) in [4.78, 5) is 13.3. The van der Waals surface area contributed by atoms with Crippen LogP contribution in [0.1, 0.15) is 27.2 Å². The molecule has 0 aliphatic heterocycles. The zero-order valence-electron chi connectivity index (χ0n) is 10.8. The minimum Gasteiger partial charge on any atom is -0.343 e. The van der Waals surface area contributed by atoms with Crippen LogP contribution in [0.2, 0.25) is 0 Å². The Labute approximate surface area is 104 Å². The third-order valence-electron chi connectivity index (χ3n) is 2.62. The van der Waals surface area contributed by atoms with E-state index in [2.05, 4.69) is 4.72 Å². The predicted octanol–water partition coefficient (Wildman–Crippen LogP) is -0.488. The molecule has 0 radical (unpaired) electrons. The Balaban J connectivity index is 4.12. The Hall–Kier alpha value is -0.660. The summed E-state index contributed by atoms with van der Waals surface area (Å²) in [5.41, 5.74) is 5.29. The van der Waals surface area contributed by atoms with Gasteiger partial charge in [0.05, 0.1) is 5.25 Å². The van der Waals surface area contributed by atoms with Gasteiger partial charge in [0.15, 0.2) is 0 Å². The molecule has 0 spiro atoms. The zero-order valence-corrected chi connectivity index (χ0v) is 11.6. The van der Waals surface area contributed by atoms with Crippen LogP contribution < -0.4 is 10.5 Å². The number of nitrogens with zero attached hydrogens (tertiary/aromatic N) is 1. The summed E-state index contributed by atoms with van der Waals surface area (Å²) in [6.45, 7) is 6.79. The van der Waals surface area contributed by atoms with Crippen molar-refractivity contribution in [3.05, 3.63) is 0 Å². The SMILES string of the molecule is CCN(CC)C(=O)CCNS(=O)(=O)C(C)CN. The Morgan fingerprint density at radius 2 is 1.88 bits per heavy atom. The minimum atomic E-state index is -3.39. The maximum absolute atomic E-state index is 11.6. The van der Waals surface area contributed by atoms with Crippen molar-refractivity contribution >= 4 is 15.9 Å². The van der Waals surface area contributed by atoms with Crippen LogP contribution in [0.3, 0.4) is 0 Å². The molecule has 0 saturated heterocycles. The van der Waals surface area contributed by atoms with Gasteiger partial charge in [0.25, 0.3) is 0 Å². The fourth-order valence-corrected chi connectivity index (χ4v) is 2.23. The largest absolute Gasteiger partial charge is 0.343 e. The van der Waals surface area contributed by atoms with Crippen molar-refractivity contribution < 1.29 is 13.2 Å². The number of rotatable bonds is 8. The molecule has 0 heterocycles. The van der Waals surface area contributed by atoms with Crippen LogP contribution in [0, 0.1) is 0 Å². The lowest BCUT2D eigenvalue weighted by Crippen LogP contribution is -2.39. The third-order valence-corrected chi connectivity index (χ3v) is 4.48. The topological polar surface area (TPSA) is 92.5 Å². The third kappa shape index (κ3) is 5.47. The van der Waals surface area contributed by atoms with Gasteiger partial charge in [-0.05, 0) is 20.8 Å². The van der Waals surface area contributed by atoms with Crippen LogP contribution in [0.5, 0.6) is 0 Å². The lowest BCUT2D eigenvalue weighted by atomic mass is 10.3. The van der Waals surface area contributed by atoms with E-state index >= 15 is 0 Å². The molecule has 0 saturated carbocycles. The van der Waals surface area contributed by atoms with E-state index in [-0.39, 0.29) is 25.4 Å². The number of carbonyl (C=O) groups excluding carboxylic acids is 1. The second kappa shape index (κ2) is 7.62. The lowest BCUT2D eigenvalue weighted by Gasteiger charge is -2.19. The van der Waals surface area contributed by atoms with Gasteiger partial charge in [0, 0.05) is 32.6 Å². The quantitative estimate of drug-likeness (QED) is 0.619. The molecule has 0 fully saturated rings. The highest BCUT2D eigenvalue weighted by molar-refractivity contribution is 7.90. The number of carbonyl (C=O) groups is 1. The van der Waals surface area contributed by atoms with Crippen molar-refractivity contribution in [2.24, 2.45) is 5.73 Å². The molecule has 1 atom stereocenters. The molecule has 0 bridgehead atoms. The molecular weight excluding hydrogens is 242 g/mol. The van der Waals surface area contributed by atoms with Crippen LogP contribution in [-0.4, -0.2) is 50.7 Å². The van der Waals surface area contributed by atoms with Crippen LogP contribution in [0.15, 0.2) is 0 Å². The smallest absolute Gasteiger partial charge is 0.223 e. The molecular formula is C10H23N3O3S. The van der Waals surface area contributed by atoms with Crippen molar-refractivity contribution in [3.8, 4) is 0 Å². The zero-order chi connectivity index (χ0) is 13.5. The van der Waals surface area contributed by atoms with Gasteiger partial charge < -0.3 is 10.6 Å². The van der Waals surface area contributed by atoms with Crippen LogP contribution in [-0.2, 0) is 14.8 Å². The average Bonchev–Trinajstić information content (AvgIpc) is 2.29. The molecule has 102 valence electrons. The highest BCUT2D eigenvalue weighted by Gasteiger charge is 2.19. The normalized spacial score (nSPS) is 13.4. The Bertz CT molecular complexity index is 326. The Morgan fingerprint density at radius 1 is 1.35 bits per heavy atom. The molecule has 6 nitrogen and oxygen atoms in total. The monoisotopic (exact) mass is 265 g/mol. The van der Waals surface area contributed by atoms with Crippen LogP contribution >= 0.6 is 0 Å². The van der Waals surface area contributed by atoms with Gasteiger partial charge in [0.1, 0.15) is 0 Å². The van der Waals surface area contributed by atoms with Gasteiger partial charge in [-0.25, -0.2) is 13.1 Å². The molecule has 3 N–H and O–H groups in total. The van der Waals surface area contributed by atoms with Crippen LogP contribution in [0.25, 0.3) is 0 Å². The summed E-state index contributed by atoms with van der Waals surface area (Å²) in [6.07, 6.45) is 0.179. The standard InChI is InChI=1S/C10H23N3O3S/c1-4-13(5-2)10(14)6-7-12-17(15,16)9(3)8-11/h9,12H,4-8,11H2,1-3H3. The number of nitrogens with one attached hydrogen (secondary N) is 1. The number of nitrogens with two attached hydrogens (primary N) is 1. The van der Waals surface area contributed by atoms with E-state index in [1.165, 1.54) is 6.92 Å². The molecule has 0 aliphatic carbocycles. The molecule has 0 aromatic carbocycles. The molecule has 17 heavy (non-hydrogen) atoms. The maximum Gasteiger partial charge on any atom is 0.223 e. The lowest BCUT2D eigenvalue weighted by molar-refractivity contribution is -0.130. The fourth-order valence-electron chi connectivity index (χ4n) is 1.30. The van der Waals surface area contributed by atoms with Crippen molar-refractivity contribution in [1.29, 1.82) is 0 Å². The summed E-state index contributed by atoms with van der Waals surface area (Å²) in [6, 6.07) is 0. The second-order valence-electron chi connectivity index (χ2n) is 3.80. The number of sulfonamides is 1. The van der Waals surface area contributed by atoms with Gasteiger partial charge in [0.2, 0.25) is 15.9 Å². The second-order valence-corrected chi connectivity index (χ2v) is 5.99. The first-order valence-electron chi connectivity index (χ1n) is 5.85. The summed E-state index contributed by atoms with van der Waals surface area (Å²) in [5, 5.41) is -0.633. The molecule has 0 aromatic rings. The van der Waals surface area contributed by atoms with Gasteiger partial charge >= 0.3 is 0 Å². The molecule has 0 aromatic heterocycles. The van der Waals surface area contributed by atoms with Crippen molar-refractivity contribution in [2.45, 2.75) is 32.4 Å². The Morgan fingerprint density at radius 3 is 2.29 bits per heavy atom. The van der Waals surface area contributed by atoms with E-state index in [0.29, 0.717) is 13.1 Å². The number of amides is 1. The number of hydrogen-bond donors (Lipinski definition) is 2. The van der Waals surface area contributed by atoms with Crippen molar-refractivity contribution in [1.82, 2.24) is 9.62 Å². The molecule has 0 rings (SSSR count). The van der Waals surface area contributed by atoms with E-state index < -0.39 is 15.3 Å². The summed E-state index contributed by atoms with van der Waals surface area (Å²) in [5.74, 6) is -0.0434. The first kappa shape index (κ1) is 16.3. The van der Waals surface area contributed by atoms with Gasteiger partial charge in [-0.3, -0.25) is 4.79 Å². The van der Waals surface area contributed by atoms with Crippen molar-refractivity contribution in [2.75, 3.05) is 26.2 Å². The minimum absolute atomic E-state index is 0.0434. The molecule has 1 unspecified atom stereocenters. The highest BCUT2D eigenvalue weighted by atomic mass is 32.2. The van der Waals surface area contributed by atoms with E-state index in [1.54, 1.807) is 4.90 Å². The average molecular weight is 265 g/mol. The number of hydrogen-bond acceptors (Lipinski definition) is 4. The molecule has 0 aliphatic rings. The van der Waals surface area contributed by atoms with E-state index in [4.69, 9.17) is 5.73 Å². The van der Waals surface area contributed by atoms with Crippen molar-refractivity contribution in [3.63, 3.8) is 0 Å². The Kier molecular flexibility index (Phi) is 7.33. The predicted molar refractivity (Wildman–Crippen MR) is 68.0 cm³/mol. The summed E-state index contributed by atoms with van der Waals surface area (Å²) >= 11 is 0. The van der Waals surface area contributed by atoms with Gasteiger partial charge in [-0.2, -0.15) is 0 Å². The molecule has 7 heteroatoms. The fraction of sp³-hybridized carbons (Fsp3) is 0.900. The van der Waals surface area contributed by atoms with Gasteiger partial charge in [-0.15, -0.1) is 0 Å². The first-order valence-corrected chi connectivity index (χ1v) is 7.39. The van der Waals surface area contributed by atoms with E-state index in [0.717, 1.165) is 0 Å². The van der Waals surface area contributed by atoms with E-state index in [9.17, 15) is 13.2 Å². The first-order chi connectivity index (χ1) is 7.88. The maximum atomic E-state index is 11.6. The highest BCUT2D eigenvalue weighted by Crippen LogP contribution is 1.97. The van der Waals surface area contributed by atoms with Crippen LogP contribution in [0.4, 0.5) is 0 Å². The summed E-state index contributed by atoms with van der Waals surface area (Å²) < 4.78 is 25.5.